The van der Waals surface area contributed by atoms with Crippen LogP contribution in [0.2, 0.25) is 0 Å². The third-order valence-corrected chi connectivity index (χ3v) is 4.02. The first-order chi connectivity index (χ1) is 10.2. The summed E-state index contributed by atoms with van der Waals surface area (Å²) in [4.78, 5) is 23.7. The molecule has 1 aromatic heterocycles. The summed E-state index contributed by atoms with van der Waals surface area (Å²) in [6.07, 6.45) is 1.63. The number of carbonyl (C=O) groups is 1. The maximum absolute atomic E-state index is 12.5. The number of hydrogen-bond donors (Lipinski definition) is 1. The summed E-state index contributed by atoms with van der Waals surface area (Å²) in [6.45, 7) is 8.00. The van der Waals surface area contributed by atoms with E-state index in [-0.39, 0.29) is 12.0 Å². The Kier molecular flexibility index (Phi) is 4.52. The number of amides is 1. The van der Waals surface area contributed by atoms with E-state index in [0.717, 1.165) is 38.5 Å². The highest BCUT2D eigenvalue weighted by Gasteiger charge is 2.28. The first-order valence-electron chi connectivity index (χ1n) is 7.45. The number of ether oxygens (including phenoxy) is 2. The number of nitrogens with zero attached hydrogens (tertiary/aromatic N) is 3. The predicted molar refractivity (Wildman–Crippen MR) is 76.2 cm³/mol. The van der Waals surface area contributed by atoms with Gasteiger partial charge in [-0.2, -0.15) is 0 Å². The largest absolute Gasteiger partial charge is 0.379 e. The number of aromatic amines is 1. The van der Waals surface area contributed by atoms with Crippen LogP contribution in [0.25, 0.3) is 0 Å². The van der Waals surface area contributed by atoms with Gasteiger partial charge in [-0.1, -0.05) is 0 Å². The lowest BCUT2D eigenvalue weighted by atomic mass is 10.2. The van der Waals surface area contributed by atoms with E-state index in [1.165, 1.54) is 0 Å². The van der Waals surface area contributed by atoms with Crippen LogP contribution in [-0.4, -0.2) is 84.3 Å². The van der Waals surface area contributed by atoms with E-state index >= 15 is 0 Å². The van der Waals surface area contributed by atoms with E-state index in [0.29, 0.717) is 25.4 Å². The Morgan fingerprint density at radius 1 is 1.38 bits per heavy atom. The third-order valence-electron chi connectivity index (χ3n) is 4.02. The highest BCUT2D eigenvalue weighted by Crippen LogP contribution is 2.12. The van der Waals surface area contributed by atoms with Crippen molar-refractivity contribution < 1.29 is 14.3 Å². The van der Waals surface area contributed by atoms with Gasteiger partial charge in [-0.25, -0.2) is 4.98 Å². The summed E-state index contributed by atoms with van der Waals surface area (Å²) < 4.78 is 11.2. The number of carbonyl (C=O) groups excluding carboxylic acids is 1. The molecular formula is C14H22N4O3. The van der Waals surface area contributed by atoms with Gasteiger partial charge in [0.05, 0.1) is 32.3 Å². The van der Waals surface area contributed by atoms with E-state index in [1.807, 2.05) is 11.8 Å². The number of aryl methyl sites for hydroxylation is 1. The minimum absolute atomic E-state index is 0.0102. The summed E-state index contributed by atoms with van der Waals surface area (Å²) in [5, 5.41) is 0. The SMILES string of the molecule is Cc1[nH]cnc1C(=O)N1CCOC(CN2CCOCC2)C1. The Balaban J connectivity index is 1.57. The van der Waals surface area contributed by atoms with Gasteiger partial charge in [-0.05, 0) is 6.92 Å². The second-order valence-corrected chi connectivity index (χ2v) is 5.53. The Bertz CT molecular complexity index is 484. The van der Waals surface area contributed by atoms with Crippen molar-refractivity contribution in [2.24, 2.45) is 0 Å². The summed E-state index contributed by atoms with van der Waals surface area (Å²) in [5.74, 6) is -0.0102. The highest BCUT2D eigenvalue weighted by atomic mass is 16.5. The van der Waals surface area contributed by atoms with Gasteiger partial charge in [0.25, 0.3) is 5.91 Å². The van der Waals surface area contributed by atoms with Crippen LogP contribution in [0.1, 0.15) is 16.2 Å². The number of rotatable bonds is 3. The molecule has 2 aliphatic rings. The topological polar surface area (TPSA) is 70.7 Å². The van der Waals surface area contributed by atoms with Gasteiger partial charge in [0.2, 0.25) is 0 Å². The number of morpholine rings is 2. The molecule has 0 aliphatic carbocycles. The van der Waals surface area contributed by atoms with Crippen molar-refractivity contribution in [3.05, 3.63) is 17.7 Å². The molecule has 116 valence electrons. The number of aromatic nitrogens is 2. The van der Waals surface area contributed by atoms with Crippen molar-refractivity contribution in [1.82, 2.24) is 19.8 Å². The Labute approximate surface area is 124 Å². The Morgan fingerprint density at radius 2 is 2.19 bits per heavy atom. The van der Waals surface area contributed by atoms with Crippen LogP contribution in [0.4, 0.5) is 0 Å². The summed E-state index contributed by atoms with van der Waals surface area (Å²) in [6, 6.07) is 0. The van der Waals surface area contributed by atoms with Crippen molar-refractivity contribution in [2.45, 2.75) is 13.0 Å². The van der Waals surface area contributed by atoms with Gasteiger partial charge < -0.3 is 19.4 Å². The lowest BCUT2D eigenvalue weighted by Gasteiger charge is -2.36. The average molecular weight is 294 g/mol. The molecule has 2 saturated heterocycles. The lowest BCUT2D eigenvalue weighted by Crippen LogP contribution is -2.51. The zero-order valence-electron chi connectivity index (χ0n) is 12.4. The fourth-order valence-electron chi connectivity index (χ4n) is 2.81. The molecule has 0 saturated carbocycles. The molecule has 21 heavy (non-hydrogen) atoms. The molecule has 1 amide bonds. The van der Waals surface area contributed by atoms with Crippen molar-refractivity contribution in [1.29, 1.82) is 0 Å². The first-order valence-corrected chi connectivity index (χ1v) is 7.45. The van der Waals surface area contributed by atoms with Crippen molar-refractivity contribution in [3.63, 3.8) is 0 Å². The molecule has 0 spiro atoms. The van der Waals surface area contributed by atoms with Crippen molar-refractivity contribution in [2.75, 3.05) is 52.5 Å². The van der Waals surface area contributed by atoms with Crippen LogP contribution < -0.4 is 0 Å². The zero-order chi connectivity index (χ0) is 14.7. The number of H-pyrrole nitrogens is 1. The van der Waals surface area contributed by atoms with Crippen LogP contribution in [0, 0.1) is 6.92 Å². The average Bonchev–Trinajstić information content (AvgIpc) is 2.94. The maximum Gasteiger partial charge on any atom is 0.274 e. The minimum atomic E-state index is -0.0102. The molecule has 1 aromatic rings. The molecule has 2 fully saturated rings. The summed E-state index contributed by atoms with van der Waals surface area (Å²) in [7, 11) is 0. The smallest absolute Gasteiger partial charge is 0.274 e. The van der Waals surface area contributed by atoms with Crippen LogP contribution in [0.3, 0.4) is 0 Å². The second-order valence-electron chi connectivity index (χ2n) is 5.53. The van der Waals surface area contributed by atoms with E-state index in [4.69, 9.17) is 9.47 Å². The van der Waals surface area contributed by atoms with Crippen LogP contribution >= 0.6 is 0 Å². The van der Waals surface area contributed by atoms with E-state index in [1.54, 1.807) is 6.33 Å². The summed E-state index contributed by atoms with van der Waals surface area (Å²) in [5.41, 5.74) is 1.33. The minimum Gasteiger partial charge on any atom is -0.379 e. The molecule has 0 aromatic carbocycles. The molecule has 7 nitrogen and oxygen atoms in total. The molecule has 3 heterocycles. The second kappa shape index (κ2) is 6.55. The molecule has 3 rings (SSSR count). The first kappa shape index (κ1) is 14.5. The number of nitrogens with one attached hydrogen (secondary N) is 1. The number of imidazole rings is 1. The van der Waals surface area contributed by atoms with Gasteiger partial charge in [0, 0.05) is 38.4 Å². The predicted octanol–water partition coefficient (Wildman–Crippen LogP) is -0.109. The quantitative estimate of drug-likeness (QED) is 0.842. The molecule has 7 heteroatoms. The van der Waals surface area contributed by atoms with Crippen LogP contribution in [0.5, 0.6) is 0 Å². The fourth-order valence-corrected chi connectivity index (χ4v) is 2.81. The molecular weight excluding hydrogens is 272 g/mol. The highest BCUT2D eigenvalue weighted by molar-refractivity contribution is 5.93. The van der Waals surface area contributed by atoms with Gasteiger partial charge in [-0.15, -0.1) is 0 Å². The van der Waals surface area contributed by atoms with Gasteiger partial charge in [0.15, 0.2) is 0 Å². The summed E-state index contributed by atoms with van der Waals surface area (Å²) >= 11 is 0. The van der Waals surface area contributed by atoms with Crippen LogP contribution in [-0.2, 0) is 9.47 Å². The normalized spacial score (nSPS) is 24.2. The molecule has 1 N–H and O–H groups in total. The van der Waals surface area contributed by atoms with Gasteiger partial charge in [0.1, 0.15) is 5.69 Å². The van der Waals surface area contributed by atoms with E-state index in [9.17, 15) is 4.79 Å². The monoisotopic (exact) mass is 294 g/mol. The van der Waals surface area contributed by atoms with E-state index < -0.39 is 0 Å². The lowest BCUT2D eigenvalue weighted by molar-refractivity contribution is -0.0504. The number of hydrogen-bond acceptors (Lipinski definition) is 5. The van der Waals surface area contributed by atoms with E-state index in [2.05, 4.69) is 14.9 Å². The third kappa shape index (κ3) is 3.42. The zero-order valence-corrected chi connectivity index (χ0v) is 12.4. The van der Waals surface area contributed by atoms with Gasteiger partial charge >= 0.3 is 0 Å². The standard InChI is InChI=1S/C14H22N4O3/c1-11-13(16-10-15-11)14(19)18-4-7-21-12(9-18)8-17-2-5-20-6-3-17/h10,12H,2-9H2,1H3,(H,15,16). The van der Waals surface area contributed by atoms with Crippen molar-refractivity contribution in [3.8, 4) is 0 Å². The maximum atomic E-state index is 12.5. The molecule has 0 bridgehead atoms. The molecule has 2 aliphatic heterocycles. The molecule has 0 radical (unpaired) electrons. The molecule has 1 unspecified atom stereocenters. The van der Waals surface area contributed by atoms with Gasteiger partial charge in [-0.3, -0.25) is 9.69 Å². The van der Waals surface area contributed by atoms with Crippen LogP contribution in [0.15, 0.2) is 6.33 Å². The Morgan fingerprint density at radius 3 is 2.90 bits per heavy atom. The molecule has 1 atom stereocenters. The Hall–Kier alpha value is -1.44. The van der Waals surface area contributed by atoms with Crippen molar-refractivity contribution >= 4 is 5.91 Å². The fraction of sp³-hybridized carbons (Fsp3) is 0.714.